The maximum atomic E-state index is 13.4. The molecule has 0 amide bonds. The number of alkyl halides is 2. The van der Waals surface area contributed by atoms with Crippen LogP contribution in [0.15, 0.2) is 28.7 Å². The molecule has 0 aromatic heterocycles. The van der Waals surface area contributed by atoms with Crippen LogP contribution in [0.25, 0.3) is 0 Å². The summed E-state index contributed by atoms with van der Waals surface area (Å²) in [5, 5.41) is 8.24. The highest BCUT2D eigenvalue weighted by Crippen LogP contribution is 2.29. The quantitative estimate of drug-likeness (QED) is 0.908. The molecule has 0 saturated carbocycles. The second-order valence-corrected chi connectivity index (χ2v) is 4.01. The van der Waals surface area contributed by atoms with Crippen molar-refractivity contribution < 1.29 is 23.4 Å². The number of ether oxygens (including phenoxy) is 1. The number of rotatable bonds is 5. The van der Waals surface area contributed by atoms with Gasteiger partial charge in [-0.1, -0.05) is 28.1 Å². The normalized spacial score (nSPS) is 11.4. The summed E-state index contributed by atoms with van der Waals surface area (Å²) in [6.45, 7) is -1.67. The van der Waals surface area contributed by atoms with E-state index >= 15 is 0 Å². The number of halogens is 3. The van der Waals surface area contributed by atoms with Crippen molar-refractivity contribution in [1.82, 2.24) is 0 Å². The molecule has 1 aromatic carbocycles. The summed E-state index contributed by atoms with van der Waals surface area (Å²) in [6.07, 6.45) is 0. The molecule has 6 heteroatoms. The van der Waals surface area contributed by atoms with Crippen molar-refractivity contribution in [3.05, 3.63) is 34.3 Å². The van der Waals surface area contributed by atoms with Gasteiger partial charge in [-0.25, -0.2) is 4.79 Å². The molecule has 88 valence electrons. The summed E-state index contributed by atoms with van der Waals surface area (Å²) in [5.41, 5.74) is -0.207. The first-order valence-electron chi connectivity index (χ1n) is 4.35. The lowest BCUT2D eigenvalue weighted by molar-refractivity contribution is -0.147. The van der Waals surface area contributed by atoms with E-state index in [1.54, 1.807) is 0 Å². The minimum atomic E-state index is -3.18. The lowest BCUT2D eigenvalue weighted by Crippen LogP contribution is -2.23. The van der Waals surface area contributed by atoms with Gasteiger partial charge in [0.25, 0.3) is 5.92 Å². The Bertz CT molecular complexity index is 365. The van der Waals surface area contributed by atoms with Gasteiger partial charge in [-0.3, -0.25) is 0 Å². The van der Waals surface area contributed by atoms with Crippen molar-refractivity contribution in [2.45, 2.75) is 5.92 Å². The van der Waals surface area contributed by atoms with Gasteiger partial charge in [0.2, 0.25) is 0 Å². The van der Waals surface area contributed by atoms with E-state index in [2.05, 4.69) is 20.7 Å². The molecule has 0 unspecified atom stereocenters. The van der Waals surface area contributed by atoms with E-state index in [1.807, 2.05) is 0 Å². The predicted molar refractivity (Wildman–Crippen MR) is 56.5 cm³/mol. The van der Waals surface area contributed by atoms with Gasteiger partial charge in [0.1, 0.15) is 13.2 Å². The Kier molecular flexibility index (Phi) is 4.37. The topological polar surface area (TPSA) is 46.5 Å². The van der Waals surface area contributed by atoms with Gasteiger partial charge in [-0.15, -0.1) is 0 Å². The van der Waals surface area contributed by atoms with Crippen molar-refractivity contribution >= 4 is 21.9 Å². The van der Waals surface area contributed by atoms with E-state index in [-0.39, 0.29) is 5.56 Å². The number of carboxylic acid groups (broad SMARTS) is 1. The smallest absolute Gasteiger partial charge is 0.329 e. The van der Waals surface area contributed by atoms with E-state index < -0.39 is 25.1 Å². The molecule has 0 atom stereocenters. The second kappa shape index (κ2) is 5.36. The molecule has 0 aliphatic rings. The molecule has 3 nitrogen and oxygen atoms in total. The van der Waals surface area contributed by atoms with Crippen LogP contribution in [-0.4, -0.2) is 24.3 Å². The van der Waals surface area contributed by atoms with Crippen molar-refractivity contribution in [2.24, 2.45) is 0 Å². The zero-order chi connectivity index (χ0) is 12.2. The fourth-order valence-electron chi connectivity index (χ4n) is 1.04. The van der Waals surface area contributed by atoms with Gasteiger partial charge < -0.3 is 9.84 Å². The number of hydrogen-bond acceptors (Lipinski definition) is 2. The van der Waals surface area contributed by atoms with E-state index in [0.717, 1.165) is 0 Å². The zero-order valence-corrected chi connectivity index (χ0v) is 9.71. The van der Waals surface area contributed by atoms with Crippen LogP contribution in [-0.2, 0) is 15.5 Å². The molecular formula is C10H9BrF2O3. The van der Waals surface area contributed by atoms with E-state index in [9.17, 15) is 13.6 Å². The first kappa shape index (κ1) is 13.1. The summed E-state index contributed by atoms with van der Waals surface area (Å²) in [7, 11) is 0. The first-order chi connectivity index (χ1) is 7.42. The van der Waals surface area contributed by atoms with Gasteiger partial charge >= 0.3 is 5.97 Å². The minimum Gasteiger partial charge on any atom is -0.480 e. The average Bonchev–Trinajstić information content (AvgIpc) is 2.17. The zero-order valence-electron chi connectivity index (χ0n) is 8.12. The Morgan fingerprint density at radius 1 is 1.38 bits per heavy atom. The van der Waals surface area contributed by atoms with Crippen molar-refractivity contribution in [3.8, 4) is 0 Å². The van der Waals surface area contributed by atoms with Crippen LogP contribution >= 0.6 is 15.9 Å². The molecule has 0 bridgehead atoms. The first-order valence-corrected chi connectivity index (χ1v) is 5.14. The third kappa shape index (κ3) is 3.86. The summed E-state index contributed by atoms with van der Waals surface area (Å²) in [5.74, 6) is -4.46. The van der Waals surface area contributed by atoms with E-state index in [1.165, 1.54) is 24.3 Å². The fourth-order valence-corrected chi connectivity index (χ4v) is 1.31. The highest BCUT2D eigenvalue weighted by Gasteiger charge is 2.31. The third-order valence-corrected chi connectivity index (χ3v) is 2.30. The summed E-state index contributed by atoms with van der Waals surface area (Å²) in [6, 6.07) is 5.49. The molecule has 16 heavy (non-hydrogen) atoms. The number of aliphatic carboxylic acids is 1. The van der Waals surface area contributed by atoms with Gasteiger partial charge in [0.05, 0.1) is 0 Å². The summed E-state index contributed by atoms with van der Waals surface area (Å²) in [4.78, 5) is 10.1. The third-order valence-electron chi connectivity index (χ3n) is 1.78. The van der Waals surface area contributed by atoms with Crippen molar-refractivity contribution in [1.29, 1.82) is 0 Å². The van der Waals surface area contributed by atoms with Gasteiger partial charge in [-0.2, -0.15) is 8.78 Å². The van der Waals surface area contributed by atoms with E-state index in [0.29, 0.717) is 4.47 Å². The Hall–Kier alpha value is -1.01. The molecule has 0 spiro atoms. The van der Waals surface area contributed by atoms with Crippen molar-refractivity contribution in [2.75, 3.05) is 13.2 Å². The Morgan fingerprint density at radius 3 is 2.44 bits per heavy atom. The van der Waals surface area contributed by atoms with Crippen LogP contribution in [0, 0.1) is 0 Å². The highest BCUT2D eigenvalue weighted by atomic mass is 79.9. The van der Waals surface area contributed by atoms with Gasteiger partial charge in [0, 0.05) is 10.0 Å². The molecule has 0 saturated heterocycles. The molecule has 0 aliphatic heterocycles. The fraction of sp³-hybridized carbons (Fsp3) is 0.300. The summed E-state index contributed by atoms with van der Waals surface area (Å²) < 4.78 is 31.9. The number of carboxylic acids is 1. The Morgan fingerprint density at radius 2 is 1.94 bits per heavy atom. The highest BCUT2D eigenvalue weighted by molar-refractivity contribution is 9.10. The van der Waals surface area contributed by atoms with Crippen LogP contribution in [0.5, 0.6) is 0 Å². The molecule has 0 aliphatic carbocycles. The van der Waals surface area contributed by atoms with Gasteiger partial charge in [-0.05, 0) is 12.1 Å². The SMILES string of the molecule is O=C(O)COCC(F)(F)c1ccc(Br)cc1. The maximum absolute atomic E-state index is 13.4. The second-order valence-electron chi connectivity index (χ2n) is 3.10. The molecule has 1 aromatic rings. The molecule has 0 heterocycles. The number of carbonyl (C=O) groups is 1. The van der Waals surface area contributed by atoms with Gasteiger partial charge in [0.15, 0.2) is 0 Å². The Labute approximate surface area is 99.2 Å². The molecule has 0 fully saturated rings. The molecule has 1 N–H and O–H groups in total. The predicted octanol–water partition coefficient (Wildman–Crippen LogP) is 2.64. The monoisotopic (exact) mass is 294 g/mol. The van der Waals surface area contributed by atoms with Crippen LogP contribution < -0.4 is 0 Å². The van der Waals surface area contributed by atoms with E-state index in [4.69, 9.17) is 5.11 Å². The molecule has 1 rings (SSSR count). The van der Waals surface area contributed by atoms with Crippen molar-refractivity contribution in [3.63, 3.8) is 0 Å². The lowest BCUT2D eigenvalue weighted by Gasteiger charge is -2.16. The maximum Gasteiger partial charge on any atom is 0.329 e. The summed E-state index contributed by atoms with van der Waals surface area (Å²) >= 11 is 3.13. The number of benzene rings is 1. The number of hydrogen-bond donors (Lipinski definition) is 1. The molecule has 0 radical (unpaired) electrons. The molecular weight excluding hydrogens is 286 g/mol. The van der Waals surface area contributed by atoms with Crippen LogP contribution in [0.4, 0.5) is 8.78 Å². The van der Waals surface area contributed by atoms with Crippen LogP contribution in [0.3, 0.4) is 0 Å². The lowest BCUT2D eigenvalue weighted by atomic mass is 10.1. The van der Waals surface area contributed by atoms with Crippen LogP contribution in [0.2, 0.25) is 0 Å². The van der Waals surface area contributed by atoms with Crippen LogP contribution in [0.1, 0.15) is 5.56 Å². The minimum absolute atomic E-state index is 0.207. The Balaban J connectivity index is 2.62. The average molecular weight is 295 g/mol. The standard InChI is InChI=1S/C10H9BrF2O3/c11-8-3-1-7(2-4-8)10(12,13)6-16-5-9(14)15/h1-4H,5-6H2,(H,14,15). The largest absolute Gasteiger partial charge is 0.480 e.